The van der Waals surface area contributed by atoms with Crippen LogP contribution in [0, 0.1) is 19.8 Å². The average Bonchev–Trinajstić information content (AvgIpc) is 3.09. The number of hydrazine groups is 1. The number of amides is 3. The molecule has 162 valence electrons. The van der Waals surface area contributed by atoms with Crippen LogP contribution in [0.4, 0.5) is 5.69 Å². The summed E-state index contributed by atoms with van der Waals surface area (Å²) in [7, 11) is 0. The van der Waals surface area contributed by atoms with Crippen LogP contribution in [0.15, 0.2) is 42.5 Å². The molecule has 3 amide bonds. The van der Waals surface area contributed by atoms with Gasteiger partial charge in [-0.25, -0.2) is 0 Å². The standard InChI is InChI=1S/C22H22ClN3O5/c1-13-7-8-14(2)18(9-13)24-19(27)12-31-22(30)15-10-20(28)26(11-15)25-21(29)16-5-3-4-6-17(16)23/h3-9,15H,10-12H2,1-2H3,(H,24,27)(H,25,29)/t15-/m1/s1. The zero-order valence-electron chi connectivity index (χ0n) is 17.1. The normalized spacial score (nSPS) is 15.5. The Labute approximate surface area is 184 Å². The molecule has 0 saturated carbocycles. The van der Waals surface area contributed by atoms with E-state index >= 15 is 0 Å². The van der Waals surface area contributed by atoms with E-state index in [1.54, 1.807) is 18.2 Å². The number of nitrogens with one attached hydrogen (secondary N) is 2. The van der Waals surface area contributed by atoms with Crippen LogP contribution in [0.2, 0.25) is 5.02 Å². The fourth-order valence-corrected chi connectivity index (χ4v) is 3.33. The van der Waals surface area contributed by atoms with Crippen molar-refractivity contribution in [1.29, 1.82) is 0 Å². The van der Waals surface area contributed by atoms with Gasteiger partial charge in [-0.1, -0.05) is 35.9 Å². The number of nitrogens with zero attached hydrogens (tertiary/aromatic N) is 1. The fraction of sp³-hybridized carbons (Fsp3) is 0.273. The highest BCUT2D eigenvalue weighted by Gasteiger charge is 2.37. The van der Waals surface area contributed by atoms with E-state index in [2.05, 4.69) is 10.7 Å². The van der Waals surface area contributed by atoms with Crippen LogP contribution >= 0.6 is 11.6 Å². The van der Waals surface area contributed by atoms with Crippen LogP contribution in [0.5, 0.6) is 0 Å². The number of anilines is 1. The summed E-state index contributed by atoms with van der Waals surface area (Å²) >= 11 is 5.99. The lowest BCUT2D eigenvalue weighted by molar-refractivity contribution is -0.151. The van der Waals surface area contributed by atoms with E-state index in [9.17, 15) is 19.2 Å². The summed E-state index contributed by atoms with van der Waals surface area (Å²) in [5.41, 5.74) is 5.18. The van der Waals surface area contributed by atoms with Crippen molar-refractivity contribution in [2.45, 2.75) is 20.3 Å². The number of carbonyl (C=O) groups excluding carboxylic acids is 4. The Bertz CT molecular complexity index is 1040. The number of benzene rings is 2. The quantitative estimate of drug-likeness (QED) is 0.668. The second-order valence-electron chi connectivity index (χ2n) is 7.30. The van der Waals surface area contributed by atoms with Crippen molar-refractivity contribution >= 4 is 41.0 Å². The van der Waals surface area contributed by atoms with Gasteiger partial charge >= 0.3 is 5.97 Å². The van der Waals surface area contributed by atoms with Crippen molar-refractivity contribution in [2.24, 2.45) is 5.92 Å². The number of carbonyl (C=O) groups is 4. The minimum absolute atomic E-state index is 0.0491. The molecule has 2 N–H and O–H groups in total. The Morgan fingerprint density at radius 3 is 2.65 bits per heavy atom. The second-order valence-corrected chi connectivity index (χ2v) is 7.71. The van der Waals surface area contributed by atoms with Crippen LogP contribution < -0.4 is 10.7 Å². The van der Waals surface area contributed by atoms with Gasteiger partial charge in [-0.15, -0.1) is 0 Å². The maximum absolute atomic E-state index is 12.3. The minimum atomic E-state index is -0.785. The summed E-state index contributed by atoms with van der Waals surface area (Å²) in [6.07, 6.45) is -0.125. The fourth-order valence-electron chi connectivity index (χ4n) is 3.11. The van der Waals surface area contributed by atoms with E-state index in [1.807, 2.05) is 32.0 Å². The first-order chi connectivity index (χ1) is 14.7. The average molecular weight is 444 g/mol. The largest absolute Gasteiger partial charge is 0.455 e. The highest BCUT2D eigenvalue weighted by Crippen LogP contribution is 2.20. The third-order valence-corrected chi connectivity index (χ3v) is 5.16. The molecule has 2 aromatic carbocycles. The Morgan fingerprint density at radius 2 is 1.90 bits per heavy atom. The first kappa shape index (κ1) is 22.3. The van der Waals surface area contributed by atoms with Crippen LogP contribution in [0.3, 0.4) is 0 Å². The van der Waals surface area contributed by atoms with Gasteiger partial charge in [0.1, 0.15) is 0 Å². The third-order valence-electron chi connectivity index (χ3n) is 4.83. The van der Waals surface area contributed by atoms with Gasteiger partial charge in [0.15, 0.2) is 6.61 Å². The third kappa shape index (κ3) is 5.61. The van der Waals surface area contributed by atoms with Gasteiger partial charge in [0.05, 0.1) is 23.0 Å². The summed E-state index contributed by atoms with van der Waals surface area (Å²) in [5, 5.41) is 4.01. The first-order valence-electron chi connectivity index (χ1n) is 9.64. The molecule has 1 atom stereocenters. The van der Waals surface area contributed by atoms with Gasteiger partial charge in [0.25, 0.3) is 11.8 Å². The number of hydrogen-bond donors (Lipinski definition) is 2. The maximum Gasteiger partial charge on any atom is 0.311 e. The molecule has 0 spiro atoms. The Morgan fingerprint density at radius 1 is 1.16 bits per heavy atom. The number of ether oxygens (including phenoxy) is 1. The molecule has 0 aromatic heterocycles. The van der Waals surface area contributed by atoms with E-state index in [0.717, 1.165) is 16.1 Å². The van der Waals surface area contributed by atoms with Gasteiger partial charge in [-0.2, -0.15) is 0 Å². The highest BCUT2D eigenvalue weighted by atomic mass is 35.5. The van der Waals surface area contributed by atoms with E-state index in [1.165, 1.54) is 6.07 Å². The number of aryl methyl sites for hydroxylation is 2. The summed E-state index contributed by atoms with van der Waals surface area (Å²) in [6.45, 7) is 3.24. The van der Waals surface area contributed by atoms with Crippen LogP contribution in [-0.4, -0.2) is 41.9 Å². The smallest absolute Gasteiger partial charge is 0.311 e. The first-order valence-corrected chi connectivity index (χ1v) is 10.0. The van der Waals surface area contributed by atoms with Crippen molar-refractivity contribution in [3.8, 4) is 0 Å². The SMILES string of the molecule is Cc1ccc(C)c(NC(=O)COC(=O)[C@@H]2CC(=O)N(NC(=O)c3ccccc3Cl)C2)c1. The molecule has 0 unspecified atom stereocenters. The van der Waals surface area contributed by atoms with Gasteiger partial charge in [-0.3, -0.25) is 29.6 Å². The van der Waals surface area contributed by atoms with Crippen LogP contribution in [0.1, 0.15) is 27.9 Å². The van der Waals surface area contributed by atoms with Crippen molar-refractivity contribution < 1.29 is 23.9 Å². The Hall–Kier alpha value is -3.39. The lowest BCUT2D eigenvalue weighted by Gasteiger charge is -2.18. The lowest BCUT2D eigenvalue weighted by Crippen LogP contribution is -2.43. The monoisotopic (exact) mass is 443 g/mol. The van der Waals surface area contributed by atoms with Gasteiger partial charge < -0.3 is 10.1 Å². The molecule has 0 aliphatic carbocycles. The maximum atomic E-state index is 12.3. The predicted molar refractivity (Wildman–Crippen MR) is 114 cm³/mol. The molecule has 0 bridgehead atoms. The molecule has 1 heterocycles. The zero-order valence-corrected chi connectivity index (χ0v) is 17.9. The van der Waals surface area contributed by atoms with Crippen molar-refractivity contribution in [1.82, 2.24) is 10.4 Å². The summed E-state index contributed by atoms with van der Waals surface area (Å²) in [6, 6.07) is 12.1. The van der Waals surface area contributed by atoms with E-state index in [-0.39, 0.29) is 23.6 Å². The van der Waals surface area contributed by atoms with E-state index in [4.69, 9.17) is 16.3 Å². The number of hydrogen-bond acceptors (Lipinski definition) is 5. The van der Waals surface area contributed by atoms with E-state index < -0.39 is 36.2 Å². The molecule has 1 aliphatic heterocycles. The summed E-state index contributed by atoms with van der Waals surface area (Å²) < 4.78 is 5.07. The number of halogens is 1. The zero-order chi connectivity index (χ0) is 22.5. The van der Waals surface area contributed by atoms with Crippen molar-refractivity contribution in [3.63, 3.8) is 0 Å². The molecule has 2 aromatic rings. The summed E-state index contributed by atoms with van der Waals surface area (Å²) in [4.78, 5) is 48.9. The molecule has 1 saturated heterocycles. The molecular weight excluding hydrogens is 422 g/mol. The highest BCUT2D eigenvalue weighted by molar-refractivity contribution is 6.33. The lowest BCUT2D eigenvalue weighted by atomic mass is 10.1. The molecule has 8 nitrogen and oxygen atoms in total. The molecule has 9 heteroatoms. The van der Waals surface area contributed by atoms with Gasteiger partial charge in [0.2, 0.25) is 5.91 Å². The predicted octanol–water partition coefficient (Wildman–Crippen LogP) is 2.63. The topological polar surface area (TPSA) is 105 Å². The molecule has 3 rings (SSSR count). The van der Waals surface area contributed by atoms with Crippen molar-refractivity contribution in [2.75, 3.05) is 18.5 Å². The Kier molecular flexibility index (Phi) is 6.91. The van der Waals surface area contributed by atoms with Crippen LogP contribution in [0.25, 0.3) is 0 Å². The van der Waals surface area contributed by atoms with E-state index in [0.29, 0.717) is 5.69 Å². The summed E-state index contributed by atoms with van der Waals surface area (Å²) in [5.74, 6) is -2.93. The van der Waals surface area contributed by atoms with Crippen molar-refractivity contribution in [3.05, 3.63) is 64.2 Å². The van der Waals surface area contributed by atoms with Gasteiger partial charge in [-0.05, 0) is 43.2 Å². The van der Waals surface area contributed by atoms with Gasteiger partial charge in [0, 0.05) is 12.1 Å². The number of esters is 1. The molecule has 1 aliphatic rings. The number of rotatable bonds is 6. The molecule has 31 heavy (non-hydrogen) atoms. The van der Waals surface area contributed by atoms with Crippen LogP contribution in [-0.2, 0) is 19.1 Å². The minimum Gasteiger partial charge on any atom is -0.455 e. The molecule has 0 radical (unpaired) electrons. The molecular formula is C22H22ClN3O5. The second kappa shape index (κ2) is 9.61. The molecule has 1 fully saturated rings. The Balaban J connectivity index is 1.51.